The van der Waals surface area contributed by atoms with Crippen molar-refractivity contribution in [3.05, 3.63) is 45.3 Å². The second kappa shape index (κ2) is 4.43. The third kappa shape index (κ3) is 2.30. The summed E-state index contributed by atoms with van der Waals surface area (Å²) in [5, 5.41) is 3.31. The van der Waals surface area contributed by atoms with Crippen molar-refractivity contribution in [3.8, 4) is 0 Å². The zero-order valence-electron chi connectivity index (χ0n) is 8.50. The molecule has 2 rings (SSSR count). The fraction of sp³-hybridized carbons (Fsp3) is 0.100. The van der Waals surface area contributed by atoms with Crippen LogP contribution in [0, 0.1) is 12.7 Å². The number of aromatic nitrogens is 2. The highest BCUT2D eigenvalue weighted by molar-refractivity contribution is 6.37. The van der Waals surface area contributed by atoms with Crippen molar-refractivity contribution in [3.63, 3.8) is 0 Å². The Morgan fingerprint density at radius 2 is 2.06 bits per heavy atom. The van der Waals surface area contributed by atoms with Gasteiger partial charge in [0.15, 0.2) is 0 Å². The van der Waals surface area contributed by atoms with Crippen LogP contribution in [0.25, 0.3) is 0 Å². The molecule has 0 N–H and O–H groups in total. The van der Waals surface area contributed by atoms with Crippen molar-refractivity contribution >= 4 is 29.0 Å². The van der Waals surface area contributed by atoms with E-state index in [1.807, 2.05) is 0 Å². The fourth-order valence-corrected chi connectivity index (χ4v) is 1.68. The molecule has 1 heterocycles. The predicted molar refractivity (Wildman–Crippen MR) is 58.9 cm³/mol. The third-order valence-electron chi connectivity index (χ3n) is 1.99. The molecule has 0 aliphatic rings. The summed E-state index contributed by atoms with van der Waals surface area (Å²) in [7, 11) is 0. The largest absolute Gasteiger partial charge is 0.339 e. The first kappa shape index (κ1) is 12.0. The number of benzene rings is 1. The lowest BCUT2D eigenvalue weighted by atomic mass is 10.1. The molecule has 0 fully saturated rings. The Morgan fingerprint density at radius 3 is 2.65 bits per heavy atom. The Hall–Kier alpha value is -1.46. The summed E-state index contributed by atoms with van der Waals surface area (Å²) < 4.78 is 17.9. The molecule has 0 spiro atoms. The first-order chi connectivity index (χ1) is 7.99. The monoisotopic (exact) mass is 274 g/mol. The van der Waals surface area contributed by atoms with E-state index in [9.17, 15) is 9.18 Å². The van der Waals surface area contributed by atoms with Crippen molar-refractivity contribution in [2.75, 3.05) is 0 Å². The molecule has 0 bridgehead atoms. The molecule has 0 saturated heterocycles. The molecular formula is C10H5Cl2FN2O2. The Labute approximate surface area is 105 Å². The average Bonchev–Trinajstić information content (AvgIpc) is 2.69. The van der Waals surface area contributed by atoms with E-state index in [0.29, 0.717) is 0 Å². The van der Waals surface area contributed by atoms with E-state index in [-0.39, 0.29) is 27.3 Å². The summed E-state index contributed by atoms with van der Waals surface area (Å²) in [6.45, 7) is 1.54. The van der Waals surface area contributed by atoms with Gasteiger partial charge >= 0.3 is 0 Å². The van der Waals surface area contributed by atoms with Gasteiger partial charge in [-0.05, 0) is 12.1 Å². The van der Waals surface area contributed by atoms with Crippen LogP contribution in [0.4, 0.5) is 4.39 Å². The number of ketones is 1. The SMILES string of the molecule is Cc1nc(C(=O)c2cc(F)c(Cl)cc2Cl)no1. The standard InChI is InChI=1S/C10H5Cl2FN2O2/c1-4-14-10(15-17-4)9(16)5-2-8(13)7(12)3-6(5)11/h2-3H,1H3. The van der Waals surface area contributed by atoms with Crippen molar-refractivity contribution in [1.29, 1.82) is 0 Å². The van der Waals surface area contributed by atoms with E-state index in [0.717, 1.165) is 12.1 Å². The van der Waals surface area contributed by atoms with Gasteiger partial charge in [0.2, 0.25) is 17.5 Å². The van der Waals surface area contributed by atoms with Gasteiger partial charge in [-0.2, -0.15) is 4.98 Å². The summed E-state index contributed by atoms with van der Waals surface area (Å²) >= 11 is 11.3. The Bertz CT molecular complexity index is 598. The van der Waals surface area contributed by atoms with Crippen molar-refractivity contribution in [1.82, 2.24) is 10.1 Å². The lowest BCUT2D eigenvalue weighted by Gasteiger charge is -2.01. The zero-order chi connectivity index (χ0) is 12.6. The van der Waals surface area contributed by atoms with Gasteiger partial charge in [0.1, 0.15) is 5.82 Å². The normalized spacial score (nSPS) is 10.6. The average molecular weight is 275 g/mol. The molecule has 0 amide bonds. The molecule has 0 atom stereocenters. The van der Waals surface area contributed by atoms with Crippen molar-refractivity contribution in [2.45, 2.75) is 6.92 Å². The number of carbonyl (C=O) groups is 1. The summed E-state index contributed by atoms with van der Waals surface area (Å²) in [5.74, 6) is -1.30. The predicted octanol–water partition coefficient (Wildman–Crippen LogP) is 3.05. The number of nitrogens with zero attached hydrogens (tertiary/aromatic N) is 2. The number of hydrogen-bond donors (Lipinski definition) is 0. The molecule has 0 radical (unpaired) electrons. The molecule has 1 aromatic carbocycles. The van der Waals surface area contributed by atoms with Crippen LogP contribution in [0.5, 0.6) is 0 Å². The number of carbonyl (C=O) groups excluding carboxylic acids is 1. The molecule has 0 unspecified atom stereocenters. The van der Waals surface area contributed by atoms with E-state index in [4.69, 9.17) is 23.2 Å². The molecule has 0 aliphatic carbocycles. The second-order valence-corrected chi connectivity index (χ2v) is 4.03. The van der Waals surface area contributed by atoms with Crippen LogP contribution in [0.1, 0.15) is 22.1 Å². The summed E-state index contributed by atoms with van der Waals surface area (Å²) in [4.78, 5) is 15.6. The first-order valence-corrected chi connectivity index (χ1v) is 5.24. The summed E-state index contributed by atoms with van der Waals surface area (Å²) in [6, 6.07) is 2.09. The van der Waals surface area contributed by atoms with E-state index in [1.165, 1.54) is 6.92 Å². The van der Waals surface area contributed by atoms with Crippen LogP contribution in [0.15, 0.2) is 16.7 Å². The van der Waals surface area contributed by atoms with Gasteiger partial charge in [-0.15, -0.1) is 0 Å². The van der Waals surface area contributed by atoms with Gasteiger partial charge in [0, 0.05) is 12.5 Å². The van der Waals surface area contributed by atoms with Crippen molar-refractivity contribution < 1.29 is 13.7 Å². The molecule has 4 nitrogen and oxygen atoms in total. The van der Waals surface area contributed by atoms with E-state index >= 15 is 0 Å². The zero-order valence-corrected chi connectivity index (χ0v) is 10.0. The van der Waals surface area contributed by atoms with Crippen LogP contribution < -0.4 is 0 Å². The van der Waals surface area contributed by atoms with Gasteiger partial charge in [-0.3, -0.25) is 4.79 Å². The minimum atomic E-state index is -0.736. The second-order valence-electron chi connectivity index (χ2n) is 3.21. The first-order valence-electron chi connectivity index (χ1n) is 4.48. The number of aryl methyl sites for hydroxylation is 1. The number of hydrogen-bond acceptors (Lipinski definition) is 4. The van der Waals surface area contributed by atoms with Gasteiger partial charge < -0.3 is 4.52 Å². The number of rotatable bonds is 2. The maximum atomic E-state index is 13.2. The summed E-state index contributed by atoms with van der Waals surface area (Å²) in [5.41, 5.74) is -0.0608. The highest BCUT2D eigenvalue weighted by atomic mass is 35.5. The highest BCUT2D eigenvalue weighted by Gasteiger charge is 2.20. The molecule has 0 aliphatic heterocycles. The molecule has 17 heavy (non-hydrogen) atoms. The van der Waals surface area contributed by atoms with Crippen LogP contribution in [-0.4, -0.2) is 15.9 Å². The topological polar surface area (TPSA) is 56.0 Å². The molecule has 0 saturated carbocycles. The lowest BCUT2D eigenvalue weighted by molar-refractivity contribution is 0.102. The third-order valence-corrected chi connectivity index (χ3v) is 2.59. The van der Waals surface area contributed by atoms with Gasteiger partial charge in [0.25, 0.3) is 0 Å². The van der Waals surface area contributed by atoms with Gasteiger partial charge in [-0.25, -0.2) is 4.39 Å². The van der Waals surface area contributed by atoms with E-state index < -0.39 is 11.6 Å². The smallest absolute Gasteiger partial charge is 0.243 e. The molecule has 2 aromatic rings. The maximum Gasteiger partial charge on any atom is 0.243 e. The minimum Gasteiger partial charge on any atom is -0.339 e. The minimum absolute atomic E-state index is 0.0313. The fourth-order valence-electron chi connectivity index (χ4n) is 1.21. The van der Waals surface area contributed by atoms with Crippen LogP contribution in [0.3, 0.4) is 0 Å². The Kier molecular flexibility index (Phi) is 3.13. The Balaban J connectivity index is 2.47. The van der Waals surface area contributed by atoms with Crippen LogP contribution in [0.2, 0.25) is 10.0 Å². The van der Waals surface area contributed by atoms with Gasteiger partial charge in [-0.1, -0.05) is 28.4 Å². The number of halogens is 3. The van der Waals surface area contributed by atoms with Crippen LogP contribution in [-0.2, 0) is 0 Å². The molecule has 1 aromatic heterocycles. The van der Waals surface area contributed by atoms with Crippen molar-refractivity contribution in [2.24, 2.45) is 0 Å². The summed E-state index contributed by atoms with van der Waals surface area (Å²) in [6.07, 6.45) is 0. The van der Waals surface area contributed by atoms with Crippen LogP contribution >= 0.6 is 23.2 Å². The quantitative estimate of drug-likeness (QED) is 0.624. The molecule has 88 valence electrons. The molecular weight excluding hydrogens is 270 g/mol. The van der Waals surface area contributed by atoms with Gasteiger partial charge in [0.05, 0.1) is 10.0 Å². The van der Waals surface area contributed by atoms with E-state index in [1.54, 1.807) is 0 Å². The van der Waals surface area contributed by atoms with E-state index in [2.05, 4.69) is 14.7 Å². The molecule has 7 heteroatoms. The lowest BCUT2D eigenvalue weighted by Crippen LogP contribution is -2.05. The Morgan fingerprint density at radius 1 is 1.35 bits per heavy atom. The highest BCUT2D eigenvalue weighted by Crippen LogP contribution is 2.25. The maximum absolute atomic E-state index is 13.2.